The van der Waals surface area contributed by atoms with Crippen molar-refractivity contribution in [3.8, 4) is 5.75 Å². The highest BCUT2D eigenvalue weighted by Gasteiger charge is 2.02. The topological polar surface area (TPSA) is 30.5 Å². The summed E-state index contributed by atoms with van der Waals surface area (Å²) in [6.07, 6.45) is 1.14. The normalized spacial score (nSPS) is 10.5. The fourth-order valence-electron chi connectivity index (χ4n) is 1.37. The molecule has 0 saturated heterocycles. The van der Waals surface area contributed by atoms with E-state index in [9.17, 15) is 0 Å². The van der Waals surface area contributed by atoms with E-state index in [1.807, 2.05) is 25.1 Å². The first-order valence-corrected chi connectivity index (χ1v) is 6.77. The Bertz CT molecular complexity index is 331. The minimum Gasteiger partial charge on any atom is -0.468 e. The molecule has 0 amide bonds. The van der Waals surface area contributed by atoms with E-state index in [0.717, 1.165) is 29.7 Å². The minimum atomic E-state index is 0.306. The zero-order valence-electron chi connectivity index (χ0n) is 10.5. The molecular formula is C13H20BrNO2. The number of benzene rings is 1. The van der Waals surface area contributed by atoms with Gasteiger partial charge in [-0.2, -0.15) is 0 Å². The Labute approximate surface area is 112 Å². The van der Waals surface area contributed by atoms with Crippen LogP contribution in [0.15, 0.2) is 22.7 Å². The Kier molecular flexibility index (Phi) is 7.24. The zero-order valence-corrected chi connectivity index (χ0v) is 12.0. The van der Waals surface area contributed by atoms with E-state index in [2.05, 4.69) is 28.2 Å². The molecule has 4 heteroatoms. The first-order valence-electron chi connectivity index (χ1n) is 5.97. The van der Waals surface area contributed by atoms with Gasteiger partial charge >= 0.3 is 0 Å². The zero-order chi connectivity index (χ0) is 12.5. The molecule has 1 N–H and O–H groups in total. The molecule has 0 saturated carbocycles. The van der Waals surface area contributed by atoms with E-state index >= 15 is 0 Å². The fraction of sp³-hybridized carbons (Fsp3) is 0.538. The van der Waals surface area contributed by atoms with Crippen molar-refractivity contribution in [2.24, 2.45) is 0 Å². The summed E-state index contributed by atoms with van der Waals surface area (Å²) in [5, 5.41) is 3.37. The van der Waals surface area contributed by atoms with Crippen LogP contribution in [-0.4, -0.2) is 19.9 Å². The molecule has 96 valence electrons. The standard InChI is InChI=1S/C13H20BrNO2/c1-3-7-15-9-11-8-12(5-6-13(11)14)17-10-16-4-2/h5-6,8,15H,3-4,7,9-10H2,1-2H3. The van der Waals surface area contributed by atoms with Crippen LogP contribution >= 0.6 is 15.9 Å². The van der Waals surface area contributed by atoms with Crippen LogP contribution in [0, 0.1) is 0 Å². The van der Waals surface area contributed by atoms with Crippen molar-refractivity contribution >= 4 is 15.9 Å². The molecule has 0 spiro atoms. The van der Waals surface area contributed by atoms with Gasteiger partial charge in [0.1, 0.15) is 5.75 Å². The van der Waals surface area contributed by atoms with Crippen molar-refractivity contribution in [2.45, 2.75) is 26.8 Å². The molecule has 0 fully saturated rings. The monoisotopic (exact) mass is 301 g/mol. The highest BCUT2D eigenvalue weighted by Crippen LogP contribution is 2.22. The lowest BCUT2D eigenvalue weighted by Crippen LogP contribution is -2.14. The maximum atomic E-state index is 5.48. The molecular weight excluding hydrogens is 282 g/mol. The lowest BCUT2D eigenvalue weighted by atomic mass is 10.2. The molecule has 0 heterocycles. The van der Waals surface area contributed by atoms with Gasteiger partial charge in [0.15, 0.2) is 6.79 Å². The largest absolute Gasteiger partial charge is 0.468 e. The molecule has 0 atom stereocenters. The highest BCUT2D eigenvalue weighted by atomic mass is 79.9. The molecule has 0 aliphatic rings. The summed E-state index contributed by atoms with van der Waals surface area (Å²) in [5.41, 5.74) is 1.20. The second kappa shape index (κ2) is 8.50. The van der Waals surface area contributed by atoms with E-state index in [4.69, 9.17) is 9.47 Å². The molecule has 3 nitrogen and oxygen atoms in total. The number of halogens is 1. The van der Waals surface area contributed by atoms with Crippen LogP contribution in [0.4, 0.5) is 0 Å². The van der Waals surface area contributed by atoms with E-state index in [0.29, 0.717) is 13.4 Å². The number of nitrogens with one attached hydrogen (secondary N) is 1. The Morgan fingerprint density at radius 3 is 2.82 bits per heavy atom. The molecule has 1 rings (SSSR count). The molecule has 0 aromatic heterocycles. The third-order valence-electron chi connectivity index (χ3n) is 2.27. The number of hydrogen-bond acceptors (Lipinski definition) is 3. The molecule has 1 aromatic carbocycles. The SMILES string of the molecule is CCCNCc1cc(OCOCC)ccc1Br. The van der Waals surface area contributed by atoms with Gasteiger partial charge in [-0.05, 0) is 43.7 Å². The van der Waals surface area contributed by atoms with Crippen molar-refractivity contribution in [1.82, 2.24) is 5.32 Å². The van der Waals surface area contributed by atoms with E-state index in [1.165, 1.54) is 5.56 Å². The van der Waals surface area contributed by atoms with Crippen molar-refractivity contribution < 1.29 is 9.47 Å². The summed E-state index contributed by atoms with van der Waals surface area (Å²) in [6.45, 7) is 6.95. The van der Waals surface area contributed by atoms with Gasteiger partial charge in [0, 0.05) is 17.6 Å². The highest BCUT2D eigenvalue weighted by molar-refractivity contribution is 9.10. The van der Waals surface area contributed by atoms with Crippen LogP contribution in [0.2, 0.25) is 0 Å². The van der Waals surface area contributed by atoms with Crippen LogP contribution in [0.5, 0.6) is 5.75 Å². The van der Waals surface area contributed by atoms with Crippen LogP contribution < -0.4 is 10.1 Å². The summed E-state index contributed by atoms with van der Waals surface area (Å²) >= 11 is 3.54. The van der Waals surface area contributed by atoms with E-state index in [1.54, 1.807) is 0 Å². The molecule has 17 heavy (non-hydrogen) atoms. The maximum Gasteiger partial charge on any atom is 0.189 e. The Hall–Kier alpha value is -0.580. The fourth-order valence-corrected chi connectivity index (χ4v) is 1.76. The Morgan fingerprint density at radius 2 is 2.12 bits per heavy atom. The summed E-state index contributed by atoms with van der Waals surface area (Å²) in [4.78, 5) is 0. The van der Waals surface area contributed by atoms with Gasteiger partial charge in [0.05, 0.1) is 0 Å². The van der Waals surface area contributed by atoms with Crippen LogP contribution in [-0.2, 0) is 11.3 Å². The summed E-state index contributed by atoms with van der Waals surface area (Å²) in [6, 6.07) is 5.97. The third-order valence-corrected chi connectivity index (χ3v) is 3.05. The lowest BCUT2D eigenvalue weighted by Gasteiger charge is -2.10. The average Bonchev–Trinajstić information content (AvgIpc) is 2.33. The quantitative estimate of drug-likeness (QED) is 0.590. The second-order valence-corrected chi connectivity index (χ2v) is 4.54. The minimum absolute atomic E-state index is 0.306. The van der Waals surface area contributed by atoms with Gasteiger partial charge < -0.3 is 14.8 Å². The Balaban J connectivity index is 2.53. The number of rotatable bonds is 8. The predicted molar refractivity (Wildman–Crippen MR) is 73.3 cm³/mol. The molecule has 0 aliphatic heterocycles. The molecule has 0 aliphatic carbocycles. The number of hydrogen-bond donors (Lipinski definition) is 1. The van der Waals surface area contributed by atoms with Gasteiger partial charge in [-0.25, -0.2) is 0 Å². The molecule has 0 radical (unpaired) electrons. The predicted octanol–water partition coefficient (Wildman–Crippen LogP) is 3.32. The van der Waals surface area contributed by atoms with Gasteiger partial charge in [-0.15, -0.1) is 0 Å². The molecule has 1 aromatic rings. The third kappa shape index (κ3) is 5.52. The lowest BCUT2D eigenvalue weighted by molar-refractivity contribution is 0.0223. The van der Waals surface area contributed by atoms with Gasteiger partial charge in [-0.3, -0.25) is 0 Å². The van der Waals surface area contributed by atoms with Gasteiger partial charge in [0.25, 0.3) is 0 Å². The molecule has 0 unspecified atom stereocenters. The molecule has 0 bridgehead atoms. The van der Waals surface area contributed by atoms with E-state index < -0.39 is 0 Å². The smallest absolute Gasteiger partial charge is 0.189 e. The van der Waals surface area contributed by atoms with Crippen molar-refractivity contribution in [3.63, 3.8) is 0 Å². The Morgan fingerprint density at radius 1 is 1.29 bits per heavy atom. The van der Waals surface area contributed by atoms with Crippen molar-refractivity contribution in [2.75, 3.05) is 19.9 Å². The van der Waals surface area contributed by atoms with E-state index in [-0.39, 0.29) is 0 Å². The maximum absolute atomic E-state index is 5.48. The van der Waals surface area contributed by atoms with Crippen LogP contribution in [0.3, 0.4) is 0 Å². The van der Waals surface area contributed by atoms with Crippen LogP contribution in [0.1, 0.15) is 25.8 Å². The summed E-state index contributed by atoms with van der Waals surface area (Å²) in [5.74, 6) is 0.843. The average molecular weight is 302 g/mol. The summed E-state index contributed by atoms with van der Waals surface area (Å²) < 4.78 is 11.7. The van der Waals surface area contributed by atoms with Crippen molar-refractivity contribution in [1.29, 1.82) is 0 Å². The van der Waals surface area contributed by atoms with Gasteiger partial charge in [-0.1, -0.05) is 22.9 Å². The second-order valence-electron chi connectivity index (χ2n) is 3.68. The van der Waals surface area contributed by atoms with Crippen LogP contribution in [0.25, 0.3) is 0 Å². The number of ether oxygens (including phenoxy) is 2. The van der Waals surface area contributed by atoms with Gasteiger partial charge in [0.2, 0.25) is 0 Å². The first kappa shape index (κ1) is 14.5. The van der Waals surface area contributed by atoms with Crippen molar-refractivity contribution in [3.05, 3.63) is 28.2 Å². The summed E-state index contributed by atoms with van der Waals surface area (Å²) in [7, 11) is 0. The first-order chi connectivity index (χ1) is 8.27.